The van der Waals surface area contributed by atoms with Crippen molar-refractivity contribution in [3.8, 4) is 5.88 Å². The molecular formula is C29H36N5O6P. The number of nitrogens with two attached hydrogens (primary N) is 1. The summed E-state index contributed by atoms with van der Waals surface area (Å²) in [4.78, 5) is 13.4. The van der Waals surface area contributed by atoms with Gasteiger partial charge in [-0.2, -0.15) is 9.97 Å². The molecule has 0 radical (unpaired) electrons. The molecule has 12 heteroatoms. The van der Waals surface area contributed by atoms with Gasteiger partial charge in [-0.25, -0.2) is 4.98 Å². The molecule has 2 heterocycles. The van der Waals surface area contributed by atoms with Crippen molar-refractivity contribution in [2.24, 2.45) is 0 Å². The molecule has 0 amide bonds. The van der Waals surface area contributed by atoms with Gasteiger partial charge in [-0.3, -0.25) is 4.57 Å². The maximum atomic E-state index is 13.1. The maximum absolute atomic E-state index is 13.1. The van der Waals surface area contributed by atoms with Crippen LogP contribution in [0.5, 0.6) is 5.88 Å². The fourth-order valence-corrected chi connectivity index (χ4v) is 6.37. The van der Waals surface area contributed by atoms with Gasteiger partial charge in [-0.1, -0.05) is 60.7 Å². The molecule has 2 aromatic carbocycles. The Kier molecular flexibility index (Phi) is 9.64. The van der Waals surface area contributed by atoms with Gasteiger partial charge in [0.15, 0.2) is 11.2 Å². The van der Waals surface area contributed by atoms with Crippen molar-refractivity contribution in [3.63, 3.8) is 0 Å². The fraction of sp³-hybridized carbons (Fsp3) is 0.414. The molecule has 11 nitrogen and oxygen atoms in total. The molecule has 0 saturated heterocycles. The molecule has 1 saturated carbocycles. The molecule has 2 aromatic heterocycles. The van der Waals surface area contributed by atoms with Crippen molar-refractivity contribution in [2.45, 2.75) is 58.2 Å². The summed E-state index contributed by atoms with van der Waals surface area (Å²) >= 11 is 0. The molecule has 0 aliphatic heterocycles. The number of imidazole rings is 1. The number of hydrogen-bond donors (Lipinski definition) is 1. The van der Waals surface area contributed by atoms with Crippen molar-refractivity contribution in [1.82, 2.24) is 19.5 Å². The first-order valence-electron chi connectivity index (χ1n) is 13.8. The highest BCUT2D eigenvalue weighted by Crippen LogP contribution is 2.49. The molecule has 218 valence electrons. The number of ether oxygens (including phenoxy) is 3. The summed E-state index contributed by atoms with van der Waals surface area (Å²) in [6.07, 6.45) is 2.13. The van der Waals surface area contributed by atoms with E-state index in [-0.39, 0.29) is 43.8 Å². The molecule has 2 N–H and O–H groups in total. The molecule has 3 atom stereocenters. The Morgan fingerprint density at radius 3 is 2.12 bits per heavy atom. The summed E-state index contributed by atoms with van der Waals surface area (Å²) in [6.45, 7) is 4.83. The van der Waals surface area contributed by atoms with Gasteiger partial charge in [-0.15, -0.1) is 0 Å². The van der Waals surface area contributed by atoms with Crippen LogP contribution < -0.4 is 10.5 Å². The van der Waals surface area contributed by atoms with Crippen molar-refractivity contribution in [2.75, 3.05) is 25.3 Å². The molecule has 4 aromatic rings. The van der Waals surface area contributed by atoms with E-state index in [0.29, 0.717) is 43.1 Å². The van der Waals surface area contributed by atoms with Crippen LogP contribution in [0, 0.1) is 0 Å². The standard InChI is InChI=1S/C29H36N5O6P/c1-3-39-41(35,40-4-2)20-38-25-16-23(15-24(25)36-17-21-11-7-5-8-12-21)34-19-31-26-27(34)32-29(30)33-28(26)37-18-22-13-9-6-10-14-22/h5-14,19,23-25H,3-4,15-18,20H2,1-2H3,(H2,30,32,33)/t23-,24-,25-/m0/s1. The van der Waals surface area contributed by atoms with Crippen LogP contribution in [0.4, 0.5) is 5.95 Å². The predicted molar refractivity (Wildman–Crippen MR) is 154 cm³/mol. The second-order valence-corrected chi connectivity index (χ2v) is 11.7. The van der Waals surface area contributed by atoms with E-state index in [2.05, 4.69) is 15.0 Å². The molecule has 1 aliphatic carbocycles. The van der Waals surface area contributed by atoms with Crippen LogP contribution in [0.1, 0.15) is 43.9 Å². The maximum Gasteiger partial charge on any atom is 0.356 e. The minimum absolute atomic E-state index is 0.0689. The lowest BCUT2D eigenvalue weighted by atomic mass is 10.2. The smallest absolute Gasteiger partial charge is 0.356 e. The van der Waals surface area contributed by atoms with Crippen molar-refractivity contribution in [1.29, 1.82) is 0 Å². The monoisotopic (exact) mass is 581 g/mol. The van der Waals surface area contributed by atoms with Crippen LogP contribution in [0.25, 0.3) is 11.2 Å². The van der Waals surface area contributed by atoms with Crippen molar-refractivity contribution < 1.29 is 27.8 Å². The molecule has 41 heavy (non-hydrogen) atoms. The third kappa shape index (κ3) is 7.30. The zero-order valence-electron chi connectivity index (χ0n) is 23.3. The zero-order chi connectivity index (χ0) is 28.7. The Morgan fingerprint density at radius 1 is 0.878 bits per heavy atom. The van der Waals surface area contributed by atoms with Gasteiger partial charge in [0.2, 0.25) is 11.8 Å². The van der Waals surface area contributed by atoms with E-state index in [9.17, 15) is 4.57 Å². The molecule has 1 fully saturated rings. The van der Waals surface area contributed by atoms with Gasteiger partial charge in [0.1, 0.15) is 13.0 Å². The Morgan fingerprint density at radius 2 is 1.49 bits per heavy atom. The lowest BCUT2D eigenvalue weighted by Gasteiger charge is -2.23. The summed E-state index contributed by atoms with van der Waals surface area (Å²) < 4.78 is 44.5. The number of rotatable bonds is 14. The third-order valence-electron chi connectivity index (χ3n) is 6.85. The summed E-state index contributed by atoms with van der Waals surface area (Å²) in [6, 6.07) is 19.7. The minimum atomic E-state index is -3.39. The normalized spacial score (nSPS) is 19.1. The first-order valence-corrected chi connectivity index (χ1v) is 15.5. The molecule has 0 unspecified atom stereocenters. The summed E-state index contributed by atoms with van der Waals surface area (Å²) in [5, 5.41) is 0. The number of anilines is 1. The topological polar surface area (TPSA) is 133 Å². The van der Waals surface area contributed by atoms with Crippen LogP contribution in [-0.4, -0.2) is 51.3 Å². The van der Waals surface area contributed by atoms with E-state index >= 15 is 0 Å². The summed E-state index contributed by atoms with van der Waals surface area (Å²) in [5.74, 6) is 0.423. The Labute approximate surface area is 239 Å². The van der Waals surface area contributed by atoms with Gasteiger partial charge < -0.3 is 33.6 Å². The lowest BCUT2D eigenvalue weighted by Crippen LogP contribution is -2.26. The van der Waals surface area contributed by atoms with E-state index < -0.39 is 7.60 Å². The van der Waals surface area contributed by atoms with Gasteiger partial charge in [-0.05, 0) is 37.8 Å². The van der Waals surface area contributed by atoms with E-state index in [1.807, 2.05) is 65.2 Å². The molecule has 0 bridgehead atoms. The highest BCUT2D eigenvalue weighted by atomic mass is 31.2. The van der Waals surface area contributed by atoms with Gasteiger partial charge >= 0.3 is 7.60 Å². The first kappa shape index (κ1) is 29.2. The number of fused-ring (bicyclic) bond motifs is 1. The second kappa shape index (κ2) is 13.5. The van der Waals surface area contributed by atoms with Crippen molar-refractivity contribution >= 4 is 24.7 Å². The summed E-state index contributed by atoms with van der Waals surface area (Å²) in [5.41, 5.74) is 9.24. The SMILES string of the molecule is CCOP(=O)(CO[C@H]1C[C@@H](n2cnc3c(OCc4ccccc4)nc(N)nc32)C[C@@H]1OCc1ccccc1)OCC. The molecular weight excluding hydrogens is 545 g/mol. The van der Waals surface area contributed by atoms with Crippen molar-refractivity contribution in [3.05, 3.63) is 78.1 Å². The number of nitrogen functional groups attached to an aromatic ring is 1. The number of hydrogen-bond acceptors (Lipinski definition) is 10. The Hall–Kier alpha value is -3.34. The first-order chi connectivity index (χ1) is 20.0. The zero-order valence-corrected chi connectivity index (χ0v) is 24.2. The molecule has 1 aliphatic rings. The predicted octanol–water partition coefficient (Wildman–Crippen LogP) is 5.52. The second-order valence-electron chi connectivity index (χ2n) is 9.73. The minimum Gasteiger partial charge on any atom is -0.471 e. The van der Waals surface area contributed by atoms with Gasteiger partial charge in [0, 0.05) is 6.04 Å². The number of benzene rings is 2. The largest absolute Gasteiger partial charge is 0.471 e. The van der Waals surface area contributed by atoms with Crippen LogP contribution in [0.2, 0.25) is 0 Å². The number of aromatic nitrogens is 4. The molecule has 0 spiro atoms. The van der Waals surface area contributed by atoms with Crippen LogP contribution in [-0.2, 0) is 36.3 Å². The highest BCUT2D eigenvalue weighted by Gasteiger charge is 2.39. The van der Waals surface area contributed by atoms with E-state index in [4.69, 9.17) is 29.0 Å². The van der Waals surface area contributed by atoms with Gasteiger partial charge in [0.05, 0.1) is 38.4 Å². The highest BCUT2D eigenvalue weighted by molar-refractivity contribution is 7.53. The van der Waals surface area contributed by atoms with E-state index in [1.165, 1.54) is 0 Å². The van der Waals surface area contributed by atoms with Crippen LogP contribution in [0.15, 0.2) is 67.0 Å². The Balaban J connectivity index is 1.36. The van der Waals surface area contributed by atoms with Crippen LogP contribution >= 0.6 is 7.60 Å². The van der Waals surface area contributed by atoms with Crippen LogP contribution in [0.3, 0.4) is 0 Å². The Bertz CT molecular complexity index is 1440. The van der Waals surface area contributed by atoms with E-state index in [1.54, 1.807) is 20.2 Å². The molecule has 5 rings (SSSR count). The lowest BCUT2D eigenvalue weighted by molar-refractivity contribution is -0.0548. The number of nitrogens with zero attached hydrogens (tertiary/aromatic N) is 4. The van der Waals surface area contributed by atoms with Gasteiger partial charge in [0.25, 0.3) is 0 Å². The fourth-order valence-electron chi connectivity index (χ4n) is 4.98. The quantitative estimate of drug-likeness (QED) is 0.190. The third-order valence-corrected chi connectivity index (χ3v) is 8.62. The average Bonchev–Trinajstić information content (AvgIpc) is 3.59. The summed E-state index contributed by atoms with van der Waals surface area (Å²) in [7, 11) is -3.39. The van der Waals surface area contributed by atoms with E-state index in [0.717, 1.165) is 11.1 Å². The average molecular weight is 582 g/mol.